The first-order valence-electron chi connectivity index (χ1n) is 4.15. The highest BCUT2D eigenvalue weighted by Gasteiger charge is 2.39. The van der Waals surface area contributed by atoms with Crippen LogP contribution in [0, 0.1) is 5.82 Å². The van der Waals surface area contributed by atoms with Gasteiger partial charge in [0.2, 0.25) is 0 Å². The third-order valence-electron chi connectivity index (χ3n) is 1.99. The molecular weight excluding hydrogens is 257 g/mol. The van der Waals surface area contributed by atoms with Crippen LogP contribution in [0.3, 0.4) is 0 Å². The van der Waals surface area contributed by atoms with Crippen LogP contribution < -0.4 is 0 Å². The summed E-state index contributed by atoms with van der Waals surface area (Å²) < 4.78 is 86.6. The molecule has 0 aliphatic heterocycles. The molecule has 0 bridgehead atoms. The monoisotopic (exact) mass is 262 g/mol. The van der Waals surface area contributed by atoms with Crippen molar-refractivity contribution in [3.05, 3.63) is 34.6 Å². The number of aliphatic hydroxyl groups is 1. The molecule has 8 heteroatoms. The molecule has 0 amide bonds. The van der Waals surface area contributed by atoms with Crippen LogP contribution in [0.2, 0.25) is 0 Å². The van der Waals surface area contributed by atoms with Gasteiger partial charge in [-0.25, -0.2) is 4.39 Å². The molecule has 0 fully saturated rings. The fraction of sp³-hybridized carbons (Fsp3) is 0.333. The zero-order chi connectivity index (χ0) is 13.4. The topological polar surface area (TPSA) is 20.2 Å². The molecule has 0 heterocycles. The summed E-state index contributed by atoms with van der Waals surface area (Å²) in [5.74, 6) is -1.74. The van der Waals surface area contributed by atoms with Crippen molar-refractivity contribution in [3.8, 4) is 0 Å². The lowest BCUT2D eigenvalue weighted by atomic mass is 10.0. The van der Waals surface area contributed by atoms with E-state index in [1.165, 1.54) is 0 Å². The Balaban J connectivity index is 3.51. The van der Waals surface area contributed by atoms with Crippen molar-refractivity contribution in [2.45, 2.75) is 19.0 Å². The number of alkyl halides is 6. The lowest BCUT2D eigenvalue weighted by molar-refractivity contribution is -0.144. The van der Waals surface area contributed by atoms with Crippen LogP contribution in [0.15, 0.2) is 12.1 Å². The van der Waals surface area contributed by atoms with Crippen LogP contribution >= 0.6 is 0 Å². The van der Waals surface area contributed by atoms with Gasteiger partial charge in [0.15, 0.2) is 0 Å². The number of halogens is 7. The van der Waals surface area contributed by atoms with E-state index in [0.717, 1.165) is 0 Å². The molecule has 1 nitrogen and oxygen atoms in total. The van der Waals surface area contributed by atoms with Crippen molar-refractivity contribution in [2.24, 2.45) is 0 Å². The van der Waals surface area contributed by atoms with Crippen LogP contribution in [-0.2, 0) is 19.0 Å². The fourth-order valence-corrected chi connectivity index (χ4v) is 1.21. The molecule has 1 aromatic rings. The zero-order valence-corrected chi connectivity index (χ0v) is 7.95. The number of rotatable bonds is 1. The minimum absolute atomic E-state index is 0.0825. The normalized spacial score (nSPS) is 12.9. The first-order chi connectivity index (χ1) is 7.57. The summed E-state index contributed by atoms with van der Waals surface area (Å²) in [4.78, 5) is 0. The molecule has 0 atom stereocenters. The maximum atomic E-state index is 13.0. The zero-order valence-electron chi connectivity index (χ0n) is 7.95. The summed E-state index contributed by atoms with van der Waals surface area (Å²) in [7, 11) is 0. The van der Waals surface area contributed by atoms with Gasteiger partial charge in [0.1, 0.15) is 5.82 Å². The van der Waals surface area contributed by atoms with E-state index in [4.69, 9.17) is 5.11 Å². The van der Waals surface area contributed by atoms with Gasteiger partial charge in [0.05, 0.1) is 17.7 Å². The maximum absolute atomic E-state index is 13.0. The Bertz CT molecular complexity index is 419. The number of hydrogen-bond donors (Lipinski definition) is 1. The van der Waals surface area contributed by atoms with Gasteiger partial charge in [0.25, 0.3) is 0 Å². The predicted molar refractivity (Wildman–Crippen MR) is 42.3 cm³/mol. The van der Waals surface area contributed by atoms with Crippen LogP contribution in [0.4, 0.5) is 30.7 Å². The highest BCUT2D eigenvalue weighted by atomic mass is 19.4. The molecule has 1 N–H and O–H groups in total. The Morgan fingerprint density at radius 3 is 1.82 bits per heavy atom. The Morgan fingerprint density at radius 2 is 1.47 bits per heavy atom. The molecule has 0 aliphatic carbocycles. The lowest BCUT2D eigenvalue weighted by Crippen LogP contribution is -2.15. The average molecular weight is 262 g/mol. The van der Waals surface area contributed by atoms with Gasteiger partial charge in [0, 0.05) is 5.56 Å². The third kappa shape index (κ3) is 2.87. The average Bonchev–Trinajstić information content (AvgIpc) is 2.13. The summed E-state index contributed by atoms with van der Waals surface area (Å²) in [5.41, 5.74) is -4.78. The van der Waals surface area contributed by atoms with Crippen LogP contribution in [-0.4, -0.2) is 5.11 Å². The molecule has 0 aromatic heterocycles. The van der Waals surface area contributed by atoms with Gasteiger partial charge in [-0.2, -0.15) is 26.3 Å². The molecule has 0 saturated carbocycles. The molecule has 0 radical (unpaired) electrons. The van der Waals surface area contributed by atoms with Gasteiger partial charge >= 0.3 is 12.4 Å². The summed E-state index contributed by atoms with van der Waals surface area (Å²) in [6.07, 6.45) is -10.3. The molecule has 0 unspecified atom stereocenters. The molecule has 17 heavy (non-hydrogen) atoms. The summed E-state index contributed by atoms with van der Waals surface area (Å²) in [5, 5.41) is 8.54. The van der Waals surface area contributed by atoms with E-state index in [-0.39, 0.29) is 12.1 Å². The standard InChI is InChI=1S/C9H5F7O/c10-7-2-4(8(11,12)13)1-6(5(7)3-17)9(14,15)16/h1-2,17H,3H2. The quantitative estimate of drug-likeness (QED) is 0.769. The summed E-state index contributed by atoms with van der Waals surface area (Å²) >= 11 is 0. The molecule has 96 valence electrons. The molecule has 1 rings (SSSR count). The summed E-state index contributed by atoms with van der Waals surface area (Å²) in [6.45, 7) is -1.33. The third-order valence-corrected chi connectivity index (χ3v) is 1.99. The highest BCUT2D eigenvalue weighted by Crippen LogP contribution is 2.38. The van der Waals surface area contributed by atoms with Crippen molar-refractivity contribution >= 4 is 0 Å². The minimum Gasteiger partial charge on any atom is -0.392 e. The minimum atomic E-state index is -5.17. The predicted octanol–water partition coefficient (Wildman–Crippen LogP) is 3.36. The van der Waals surface area contributed by atoms with Crippen molar-refractivity contribution in [1.82, 2.24) is 0 Å². The number of benzene rings is 1. The first-order valence-corrected chi connectivity index (χ1v) is 4.15. The van der Waals surface area contributed by atoms with Gasteiger partial charge in [-0.1, -0.05) is 0 Å². The van der Waals surface area contributed by atoms with E-state index < -0.39 is 41.5 Å². The van der Waals surface area contributed by atoms with E-state index in [9.17, 15) is 30.7 Å². The Hall–Kier alpha value is -1.31. The van der Waals surface area contributed by atoms with E-state index >= 15 is 0 Å². The molecular formula is C9H5F7O. The molecule has 1 aromatic carbocycles. The Morgan fingerprint density at radius 1 is 0.941 bits per heavy atom. The van der Waals surface area contributed by atoms with E-state index in [1.807, 2.05) is 0 Å². The molecule has 0 spiro atoms. The SMILES string of the molecule is OCc1c(F)cc(C(F)(F)F)cc1C(F)(F)F. The van der Waals surface area contributed by atoms with Crippen LogP contribution in [0.25, 0.3) is 0 Å². The second kappa shape index (κ2) is 4.17. The Kier molecular flexibility index (Phi) is 3.37. The van der Waals surface area contributed by atoms with Crippen molar-refractivity contribution in [1.29, 1.82) is 0 Å². The van der Waals surface area contributed by atoms with E-state index in [2.05, 4.69) is 0 Å². The van der Waals surface area contributed by atoms with Crippen molar-refractivity contribution in [2.75, 3.05) is 0 Å². The second-order valence-electron chi connectivity index (χ2n) is 3.14. The van der Waals surface area contributed by atoms with Gasteiger partial charge < -0.3 is 5.11 Å². The highest BCUT2D eigenvalue weighted by molar-refractivity contribution is 5.36. The van der Waals surface area contributed by atoms with E-state index in [0.29, 0.717) is 0 Å². The Labute approximate surface area is 90.5 Å². The van der Waals surface area contributed by atoms with Crippen LogP contribution in [0.5, 0.6) is 0 Å². The number of aliphatic hydroxyl groups excluding tert-OH is 1. The van der Waals surface area contributed by atoms with Crippen molar-refractivity contribution < 1.29 is 35.8 Å². The van der Waals surface area contributed by atoms with Crippen molar-refractivity contribution in [3.63, 3.8) is 0 Å². The second-order valence-corrected chi connectivity index (χ2v) is 3.14. The largest absolute Gasteiger partial charge is 0.416 e. The van der Waals surface area contributed by atoms with Gasteiger partial charge in [-0.15, -0.1) is 0 Å². The fourth-order valence-electron chi connectivity index (χ4n) is 1.21. The molecule has 0 saturated heterocycles. The van der Waals surface area contributed by atoms with Crippen LogP contribution in [0.1, 0.15) is 16.7 Å². The summed E-state index contributed by atoms with van der Waals surface area (Å²) in [6, 6.07) is -0.310. The maximum Gasteiger partial charge on any atom is 0.416 e. The smallest absolute Gasteiger partial charge is 0.392 e. The lowest BCUT2D eigenvalue weighted by Gasteiger charge is -2.15. The molecule has 0 aliphatic rings. The van der Waals surface area contributed by atoms with Gasteiger partial charge in [-0.05, 0) is 12.1 Å². The van der Waals surface area contributed by atoms with E-state index in [1.54, 1.807) is 0 Å². The first kappa shape index (κ1) is 13.8. The van der Waals surface area contributed by atoms with Gasteiger partial charge in [-0.3, -0.25) is 0 Å². The number of hydrogen-bond acceptors (Lipinski definition) is 1.